The van der Waals surface area contributed by atoms with Crippen molar-refractivity contribution in [1.29, 1.82) is 5.41 Å². The van der Waals surface area contributed by atoms with Crippen LogP contribution >= 0.6 is 0 Å². The summed E-state index contributed by atoms with van der Waals surface area (Å²) in [5.41, 5.74) is 6.04. The van der Waals surface area contributed by atoms with Gasteiger partial charge in [0.05, 0.1) is 0 Å². The minimum atomic E-state index is -0.824. The number of halogens is 1. The van der Waals surface area contributed by atoms with Crippen molar-refractivity contribution in [3.05, 3.63) is 47.9 Å². The summed E-state index contributed by atoms with van der Waals surface area (Å²) in [4.78, 5) is 0. The number of benzene rings is 1. The van der Waals surface area contributed by atoms with E-state index in [1.54, 1.807) is 0 Å². The minimum Gasteiger partial charge on any atom is -0.402 e. The Morgan fingerprint density at radius 2 is 2.00 bits per heavy atom. The van der Waals surface area contributed by atoms with Crippen LogP contribution in [0.2, 0.25) is 0 Å². The first-order valence-electron chi connectivity index (χ1n) is 4.87. The summed E-state index contributed by atoms with van der Waals surface area (Å²) in [6.45, 7) is 0.365. The topological polar surface area (TPSA) is 79.1 Å². The number of nitrogens with two attached hydrogens (primary N) is 2. The van der Waals surface area contributed by atoms with Crippen LogP contribution in [0.25, 0.3) is 0 Å². The Morgan fingerprint density at radius 1 is 1.38 bits per heavy atom. The maximum atomic E-state index is 12.9. The summed E-state index contributed by atoms with van der Waals surface area (Å²) >= 11 is 0. The fourth-order valence-corrected chi connectivity index (χ4v) is 1.22. The summed E-state index contributed by atoms with van der Waals surface area (Å²) in [5.74, 6) is 4.29. The molecule has 0 atom stereocenters. The Labute approximate surface area is 93.8 Å². The molecule has 0 radical (unpaired) electrons. The number of amidine groups is 1. The summed E-state index contributed by atoms with van der Waals surface area (Å²) < 4.78 is 12.9. The van der Waals surface area contributed by atoms with E-state index in [2.05, 4.69) is 0 Å². The van der Waals surface area contributed by atoms with Crippen LogP contribution in [0.3, 0.4) is 0 Å². The number of hydrazine groups is 1. The highest BCUT2D eigenvalue weighted by Gasteiger charge is 2.09. The summed E-state index contributed by atoms with van der Waals surface area (Å²) in [7, 11) is 0. The molecule has 0 heterocycles. The molecule has 0 saturated heterocycles. The smallest absolute Gasteiger partial charge is 0.181 e. The van der Waals surface area contributed by atoms with Gasteiger partial charge in [-0.1, -0.05) is 30.3 Å². The van der Waals surface area contributed by atoms with Crippen LogP contribution in [0.15, 0.2) is 42.4 Å². The van der Waals surface area contributed by atoms with Gasteiger partial charge < -0.3 is 5.73 Å². The molecule has 0 aliphatic carbocycles. The molecule has 86 valence electrons. The van der Waals surface area contributed by atoms with Crippen molar-refractivity contribution in [3.8, 4) is 0 Å². The molecule has 1 aromatic carbocycles. The SMILES string of the molecule is N=C(C(F)=CN)N(N)CCc1ccccc1. The third-order valence-corrected chi connectivity index (χ3v) is 2.14. The average molecular weight is 222 g/mol. The van der Waals surface area contributed by atoms with Crippen molar-refractivity contribution >= 4 is 5.84 Å². The zero-order chi connectivity index (χ0) is 12.0. The fourth-order valence-electron chi connectivity index (χ4n) is 1.22. The molecule has 0 aliphatic heterocycles. The molecule has 0 fully saturated rings. The van der Waals surface area contributed by atoms with Gasteiger partial charge in [0.15, 0.2) is 11.7 Å². The molecule has 16 heavy (non-hydrogen) atoms. The van der Waals surface area contributed by atoms with Crippen molar-refractivity contribution < 1.29 is 4.39 Å². The normalized spacial score (nSPS) is 11.2. The van der Waals surface area contributed by atoms with Gasteiger partial charge in [0.25, 0.3) is 0 Å². The van der Waals surface area contributed by atoms with Gasteiger partial charge in [0.1, 0.15) is 0 Å². The first kappa shape index (κ1) is 12.2. The summed E-state index contributed by atoms with van der Waals surface area (Å²) in [6, 6.07) is 9.66. The van der Waals surface area contributed by atoms with E-state index in [1.165, 1.54) is 0 Å². The molecule has 5 N–H and O–H groups in total. The van der Waals surface area contributed by atoms with Gasteiger partial charge in [0.2, 0.25) is 0 Å². The second-order valence-corrected chi connectivity index (χ2v) is 3.29. The van der Waals surface area contributed by atoms with E-state index >= 15 is 0 Å². The van der Waals surface area contributed by atoms with Crippen LogP contribution in [0.1, 0.15) is 5.56 Å². The Morgan fingerprint density at radius 3 is 2.56 bits per heavy atom. The van der Waals surface area contributed by atoms with Crippen molar-refractivity contribution in [1.82, 2.24) is 5.01 Å². The first-order chi connectivity index (χ1) is 7.65. The number of hydrogen-bond acceptors (Lipinski definition) is 3. The number of hydrogen-bond donors (Lipinski definition) is 3. The molecule has 0 aromatic heterocycles. The van der Waals surface area contributed by atoms with Crippen LogP contribution in [0, 0.1) is 5.41 Å². The highest BCUT2D eigenvalue weighted by Crippen LogP contribution is 2.03. The van der Waals surface area contributed by atoms with E-state index in [0.717, 1.165) is 16.8 Å². The molecular weight excluding hydrogens is 207 g/mol. The van der Waals surface area contributed by atoms with Gasteiger partial charge in [-0.05, 0) is 12.0 Å². The predicted octanol–water partition coefficient (Wildman–Crippen LogP) is 1.15. The molecule has 5 heteroatoms. The highest BCUT2D eigenvalue weighted by atomic mass is 19.1. The molecular formula is C11H15FN4. The van der Waals surface area contributed by atoms with Gasteiger partial charge in [0, 0.05) is 12.7 Å². The van der Waals surface area contributed by atoms with Crippen LogP contribution in [-0.4, -0.2) is 17.4 Å². The zero-order valence-corrected chi connectivity index (χ0v) is 8.86. The van der Waals surface area contributed by atoms with E-state index in [0.29, 0.717) is 13.0 Å². The Balaban J connectivity index is 2.47. The highest BCUT2D eigenvalue weighted by molar-refractivity contribution is 5.93. The third kappa shape index (κ3) is 3.36. The Hall–Kier alpha value is -1.88. The van der Waals surface area contributed by atoms with Crippen molar-refractivity contribution in [2.24, 2.45) is 11.6 Å². The van der Waals surface area contributed by atoms with Crippen molar-refractivity contribution in [2.45, 2.75) is 6.42 Å². The van der Waals surface area contributed by atoms with Gasteiger partial charge in [-0.15, -0.1) is 0 Å². The summed E-state index contributed by atoms with van der Waals surface area (Å²) in [5, 5.41) is 8.38. The Kier molecular flexibility index (Phi) is 4.47. The van der Waals surface area contributed by atoms with E-state index in [4.69, 9.17) is 17.0 Å². The Bertz CT molecular complexity index is 375. The second-order valence-electron chi connectivity index (χ2n) is 3.29. The molecule has 1 rings (SSSR count). The molecule has 0 amide bonds. The minimum absolute atomic E-state index is 0.365. The average Bonchev–Trinajstić information content (AvgIpc) is 2.35. The maximum absolute atomic E-state index is 12.9. The monoisotopic (exact) mass is 222 g/mol. The molecule has 0 saturated carbocycles. The van der Waals surface area contributed by atoms with E-state index < -0.39 is 11.7 Å². The lowest BCUT2D eigenvalue weighted by Crippen LogP contribution is -2.39. The van der Waals surface area contributed by atoms with Crippen LogP contribution in [0.5, 0.6) is 0 Å². The molecule has 0 aliphatic rings. The first-order valence-corrected chi connectivity index (χ1v) is 4.87. The van der Waals surface area contributed by atoms with Gasteiger partial charge in [-0.3, -0.25) is 10.4 Å². The summed E-state index contributed by atoms with van der Waals surface area (Å²) in [6.07, 6.45) is 1.38. The zero-order valence-electron chi connectivity index (χ0n) is 8.86. The van der Waals surface area contributed by atoms with Gasteiger partial charge in [-0.2, -0.15) is 0 Å². The van der Waals surface area contributed by atoms with E-state index in [9.17, 15) is 4.39 Å². The lowest BCUT2D eigenvalue weighted by Gasteiger charge is -2.17. The van der Waals surface area contributed by atoms with E-state index in [-0.39, 0.29) is 0 Å². The number of nitrogens with zero attached hydrogens (tertiary/aromatic N) is 1. The number of rotatable bonds is 4. The van der Waals surface area contributed by atoms with E-state index in [1.807, 2.05) is 30.3 Å². The quantitative estimate of drug-likeness (QED) is 0.309. The van der Waals surface area contributed by atoms with Crippen molar-refractivity contribution in [3.63, 3.8) is 0 Å². The molecule has 0 spiro atoms. The predicted molar refractivity (Wildman–Crippen MR) is 62.1 cm³/mol. The molecule has 1 aromatic rings. The maximum Gasteiger partial charge on any atom is 0.181 e. The molecule has 0 unspecified atom stereocenters. The van der Waals surface area contributed by atoms with Crippen LogP contribution < -0.4 is 11.6 Å². The van der Waals surface area contributed by atoms with Crippen LogP contribution in [0.4, 0.5) is 4.39 Å². The fraction of sp³-hybridized carbons (Fsp3) is 0.182. The second kappa shape index (κ2) is 5.87. The standard InChI is InChI=1S/C11H15FN4/c12-10(8-13)11(14)16(15)7-6-9-4-2-1-3-5-9/h1-5,8,14H,6-7,13,15H2. The number of nitrogens with one attached hydrogen (secondary N) is 1. The lowest BCUT2D eigenvalue weighted by molar-refractivity contribution is 0.429. The molecule has 0 bridgehead atoms. The van der Waals surface area contributed by atoms with Crippen molar-refractivity contribution in [2.75, 3.05) is 6.54 Å². The third-order valence-electron chi connectivity index (χ3n) is 2.14. The van der Waals surface area contributed by atoms with Gasteiger partial charge in [-0.25, -0.2) is 10.2 Å². The lowest BCUT2D eigenvalue weighted by atomic mass is 10.1. The largest absolute Gasteiger partial charge is 0.402 e. The molecule has 4 nitrogen and oxygen atoms in total. The van der Waals surface area contributed by atoms with Gasteiger partial charge >= 0.3 is 0 Å². The van der Waals surface area contributed by atoms with Crippen LogP contribution in [-0.2, 0) is 6.42 Å².